The van der Waals surface area contributed by atoms with Gasteiger partial charge in [-0.2, -0.15) is 0 Å². The van der Waals surface area contributed by atoms with Gasteiger partial charge >= 0.3 is 0 Å². The number of hydrogen-bond acceptors (Lipinski definition) is 3. The van der Waals surface area contributed by atoms with Crippen LogP contribution in [0.3, 0.4) is 0 Å². The first-order valence-corrected chi connectivity index (χ1v) is 6.81. The molecule has 1 aromatic rings. The van der Waals surface area contributed by atoms with Crippen molar-refractivity contribution in [1.82, 2.24) is 0 Å². The summed E-state index contributed by atoms with van der Waals surface area (Å²) in [5.74, 6) is 1.58. The second-order valence-corrected chi connectivity index (χ2v) is 5.32. The quantitative estimate of drug-likeness (QED) is 0.870. The molecule has 0 spiro atoms. The summed E-state index contributed by atoms with van der Waals surface area (Å²) in [6.45, 7) is 2.20. The second-order valence-electron chi connectivity index (χ2n) is 5.32. The molecule has 1 N–H and O–H groups in total. The van der Waals surface area contributed by atoms with E-state index in [0.717, 1.165) is 38.2 Å². The van der Waals surface area contributed by atoms with Crippen molar-refractivity contribution in [2.24, 2.45) is 11.8 Å². The Balaban J connectivity index is 1.67. The topological polar surface area (TPSA) is 38.7 Å². The van der Waals surface area contributed by atoms with Gasteiger partial charge in [0.1, 0.15) is 5.75 Å². The summed E-state index contributed by atoms with van der Waals surface area (Å²) in [6, 6.07) is 8.13. The van der Waals surface area contributed by atoms with Crippen molar-refractivity contribution in [3.8, 4) is 5.75 Å². The molecule has 0 bridgehead atoms. The number of rotatable bonds is 2. The van der Waals surface area contributed by atoms with Gasteiger partial charge in [-0.3, -0.25) is 0 Å². The van der Waals surface area contributed by atoms with Crippen LogP contribution in [-0.4, -0.2) is 31.0 Å². The molecule has 3 heteroatoms. The van der Waals surface area contributed by atoms with Gasteiger partial charge in [0.2, 0.25) is 0 Å². The third-order valence-electron chi connectivity index (χ3n) is 4.14. The Kier molecular flexibility index (Phi) is 3.52. The zero-order chi connectivity index (χ0) is 12.4. The van der Waals surface area contributed by atoms with E-state index in [0.29, 0.717) is 12.5 Å². The van der Waals surface area contributed by atoms with Gasteiger partial charge in [-0.05, 0) is 36.8 Å². The van der Waals surface area contributed by atoms with Crippen molar-refractivity contribution >= 4 is 0 Å². The molecule has 2 aliphatic rings. The molecule has 0 saturated carbocycles. The first-order chi connectivity index (χ1) is 8.84. The fourth-order valence-corrected chi connectivity index (χ4v) is 3.01. The molecular formula is C15H20O3. The molecular weight excluding hydrogens is 228 g/mol. The van der Waals surface area contributed by atoms with Crippen molar-refractivity contribution in [3.63, 3.8) is 0 Å². The highest BCUT2D eigenvalue weighted by Gasteiger charge is 2.32. The fraction of sp³-hybridized carbons (Fsp3) is 0.600. The highest BCUT2D eigenvalue weighted by Crippen LogP contribution is 2.32. The Hall–Kier alpha value is -1.06. The first-order valence-electron chi connectivity index (χ1n) is 6.81. The first kappa shape index (κ1) is 12.0. The molecule has 1 fully saturated rings. The minimum Gasteiger partial charge on any atom is -0.493 e. The highest BCUT2D eigenvalue weighted by molar-refractivity contribution is 5.35. The van der Waals surface area contributed by atoms with E-state index in [4.69, 9.17) is 9.47 Å². The Morgan fingerprint density at radius 3 is 2.72 bits per heavy atom. The molecule has 1 aromatic carbocycles. The summed E-state index contributed by atoms with van der Waals surface area (Å²) in [5, 5.41) is 10.5. The SMILES string of the molecule is OC(C1CCOCC1)C1COc2ccccc2C1. The lowest BCUT2D eigenvalue weighted by molar-refractivity contribution is -0.0300. The second kappa shape index (κ2) is 5.29. The van der Waals surface area contributed by atoms with E-state index in [9.17, 15) is 5.11 Å². The van der Waals surface area contributed by atoms with Gasteiger partial charge in [-0.25, -0.2) is 0 Å². The van der Waals surface area contributed by atoms with E-state index in [1.54, 1.807) is 0 Å². The smallest absolute Gasteiger partial charge is 0.122 e. The van der Waals surface area contributed by atoms with Crippen LogP contribution in [0.25, 0.3) is 0 Å². The van der Waals surface area contributed by atoms with Crippen molar-refractivity contribution in [2.45, 2.75) is 25.4 Å². The molecule has 0 aliphatic carbocycles. The van der Waals surface area contributed by atoms with E-state index in [-0.39, 0.29) is 12.0 Å². The molecule has 0 aromatic heterocycles. The lowest BCUT2D eigenvalue weighted by Crippen LogP contribution is -2.38. The van der Waals surface area contributed by atoms with Crippen molar-refractivity contribution in [2.75, 3.05) is 19.8 Å². The molecule has 2 aliphatic heterocycles. The maximum Gasteiger partial charge on any atom is 0.122 e. The maximum atomic E-state index is 10.5. The van der Waals surface area contributed by atoms with E-state index in [2.05, 4.69) is 6.07 Å². The number of aliphatic hydroxyl groups is 1. The van der Waals surface area contributed by atoms with Crippen LogP contribution in [0.1, 0.15) is 18.4 Å². The summed E-state index contributed by atoms with van der Waals surface area (Å²) in [7, 11) is 0. The van der Waals surface area contributed by atoms with Gasteiger partial charge in [0.05, 0.1) is 12.7 Å². The minimum absolute atomic E-state index is 0.225. The van der Waals surface area contributed by atoms with Gasteiger partial charge in [-0.1, -0.05) is 18.2 Å². The van der Waals surface area contributed by atoms with Gasteiger partial charge in [-0.15, -0.1) is 0 Å². The third kappa shape index (κ3) is 2.38. The van der Waals surface area contributed by atoms with Gasteiger partial charge in [0.15, 0.2) is 0 Å². The van der Waals surface area contributed by atoms with E-state index in [1.165, 1.54) is 5.56 Å². The predicted molar refractivity (Wildman–Crippen MR) is 68.7 cm³/mol. The van der Waals surface area contributed by atoms with Gasteiger partial charge in [0, 0.05) is 19.1 Å². The Bertz CT molecular complexity index is 398. The number of para-hydroxylation sites is 1. The number of fused-ring (bicyclic) bond motifs is 1. The lowest BCUT2D eigenvalue weighted by atomic mass is 9.82. The van der Waals surface area contributed by atoms with Crippen LogP contribution in [-0.2, 0) is 11.2 Å². The molecule has 2 heterocycles. The van der Waals surface area contributed by atoms with Crippen LogP contribution < -0.4 is 4.74 Å². The Morgan fingerprint density at radius 1 is 1.11 bits per heavy atom. The minimum atomic E-state index is -0.262. The van der Waals surface area contributed by atoms with Crippen LogP contribution in [0, 0.1) is 11.8 Å². The lowest BCUT2D eigenvalue weighted by Gasteiger charge is -2.34. The summed E-state index contributed by atoms with van der Waals surface area (Å²) < 4.78 is 11.1. The number of hydrogen-bond donors (Lipinski definition) is 1. The van der Waals surface area contributed by atoms with Crippen molar-refractivity contribution in [3.05, 3.63) is 29.8 Å². The molecule has 2 unspecified atom stereocenters. The Morgan fingerprint density at radius 2 is 1.89 bits per heavy atom. The number of benzene rings is 1. The molecule has 2 atom stereocenters. The van der Waals surface area contributed by atoms with Crippen LogP contribution in [0.2, 0.25) is 0 Å². The molecule has 3 rings (SSSR count). The molecule has 1 saturated heterocycles. The number of aliphatic hydroxyl groups excluding tert-OH is 1. The van der Waals surface area contributed by atoms with Crippen LogP contribution in [0.15, 0.2) is 24.3 Å². The largest absolute Gasteiger partial charge is 0.493 e. The van der Waals surface area contributed by atoms with Gasteiger partial charge in [0.25, 0.3) is 0 Å². The summed E-state index contributed by atoms with van der Waals surface area (Å²) in [5.41, 5.74) is 1.22. The summed E-state index contributed by atoms with van der Waals surface area (Å²) in [4.78, 5) is 0. The van der Waals surface area contributed by atoms with Gasteiger partial charge < -0.3 is 14.6 Å². The molecule has 98 valence electrons. The third-order valence-corrected chi connectivity index (χ3v) is 4.14. The average Bonchev–Trinajstić information content (AvgIpc) is 2.47. The monoisotopic (exact) mass is 248 g/mol. The summed E-state index contributed by atoms with van der Waals surface area (Å²) >= 11 is 0. The molecule has 18 heavy (non-hydrogen) atoms. The highest BCUT2D eigenvalue weighted by atomic mass is 16.5. The van der Waals surface area contributed by atoms with Crippen LogP contribution >= 0.6 is 0 Å². The maximum absolute atomic E-state index is 10.5. The fourth-order valence-electron chi connectivity index (χ4n) is 3.01. The van der Waals surface area contributed by atoms with E-state index in [1.807, 2.05) is 18.2 Å². The van der Waals surface area contributed by atoms with Crippen LogP contribution in [0.4, 0.5) is 0 Å². The predicted octanol–water partition coefficient (Wildman–Crippen LogP) is 2.03. The molecule has 0 radical (unpaired) electrons. The van der Waals surface area contributed by atoms with Crippen LogP contribution in [0.5, 0.6) is 5.75 Å². The normalized spacial score (nSPS) is 26.2. The average molecular weight is 248 g/mol. The number of ether oxygens (including phenoxy) is 2. The molecule has 0 amide bonds. The Labute approximate surface area is 108 Å². The zero-order valence-electron chi connectivity index (χ0n) is 10.5. The van der Waals surface area contributed by atoms with E-state index < -0.39 is 0 Å². The van der Waals surface area contributed by atoms with Crippen molar-refractivity contribution in [1.29, 1.82) is 0 Å². The standard InChI is InChI=1S/C15H20O3/c16-15(11-5-7-17-8-6-11)13-9-12-3-1-2-4-14(12)18-10-13/h1-4,11,13,15-16H,5-10H2. The molecule has 3 nitrogen and oxygen atoms in total. The van der Waals surface area contributed by atoms with E-state index >= 15 is 0 Å². The summed E-state index contributed by atoms with van der Waals surface area (Å²) in [6.07, 6.45) is 2.61. The van der Waals surface area contributed by atoms with Crippen molar-refractivity contribution < 1.29 is 14.6 Å². The zero-order valence-corrected chi connectivity index (χ0v) is 10.5.